The van der Waals surface area contributed by atoms with Gasteiger partial charge in [-0.25, -0.2) is 0 Å². The zero-order valence-electron chi connectivity index (χ0n) is 9.55. The van der Waals surface area contributed by atoms with Crippen molar-refractivity contribution in [3.8, 4) is 0 Å². The smallest absolute Gasteiger partial charge is 0.406 e. The molecule has 0 unspecified atom stereocenters. The standard InChI is InChI=1S/C11H10F3NO3S/c12-11(13,14)7-15(6-10(17)18)9(16)4-3-8-2-1-5-19-8/h1-5H,6-7H2,(H,17,18). The molecule has 0 radical (unpaired) electrons. The zero-order chi connectivity index (χ0) is 14.5. The molecule has 0 saturated carbocycles. The van der Waals surface area contributed by atoms with Crippen molar-refractivity contribution in [3.63, 3.8) is 0 Å². The van der Waals surface area contributed by atoms with Gasteiger partial charge in [0, 0.05) is 11.0 Å². The van der Waals surface area contributed by atoms with Gasteiger partial charge in [0.25, 0.3) is 0 Å². The first kappa shape index (κ1) is 15.2. The van der Waals surface area contributed by atoms with E-state index in [0.717, 1.165) is 6.08 Å². The average Bonchev–Trinajstić information content (AvgIpc) is 2.75. The van der Waals surface area contributed by atoms with Gasteiger partial charge >= 0.3 is 12.1 Å². The first-order chi connectivity index (χ1) is 8.78. The number of hydrogen-bond donors (Lipinski definition) is 1. The minimum Gasteiger partial charge on any atom is -0.480 e. The lowest BCUT2D eigenvalue weighted by atomic mass is 10.3. The van der Waals surface area contributed by atoms with E-state index in [0.29, 0.717) is 4.88 Å². The number of halogens is 3. The molecule has 0 aliphatic rings. The number of alkyl halides is 3. The molecule has 1 amide bonds. The molecule has 1 rings (SSSR count). The molecular weight excluding hydrogens is 283 g/mol. The molecule has 0 atom stereocenters. The fourth-order valence-electron chi connectivity index (χ4n) is 1.24. The summed E-state index contributed by atoms with van der Waals surface area (Å²) in [4.78, 5) is 22.9. The van der Waals surface area contributed by atoms with E-state index in [2.05, 4.69) is 0 Å². The second kappa shape index (κ2) is 6.37. The van der Waals surface area contributed by atoms with E-state index < -0.39 is 31.1 Å². The summed E-state index contributed by atoms with van der Waals surface area (Å²) < 4.78 is 36.7. The molecule has 0 fully saturated rings. The predicted molar refractivity (Wildman–Crippen MR) is 63.6 cm³/mol. The largest absolute Gasteiger partial charge is 0.480 e. The first-order valence-electron chi connectivity index (χ1n) is 5.07. The molecule has 19 heavy (non-hydrogen) atoms. The summed E-state index contributed by atoms with van der Waals surface area (Å²) in [5.41, 5.74) is 0. The van der Waals surface area contributed by atoms with E-state index in [1.165, 1.54) is 17.4 Å². The van der Waals surface area contributed by atoms with E-state index >= 15 is 0 Å². The number of thiophene rings is 1. The molecule has 1 N–H and O–H groups in total. The Kier molecular flexibility index (Phi) is 5.11. The Labute approximate surface area is 110 Å². The normalized spacial score (nSPS) is 11.7. The predicted octanol–water partition coefficient (Wildman–Crippen LogP) is 2.24. The van der Waals surface area contributed by atoms with Crippen LogP contribution in [0, 0.1) is 0 Å². The lowest BCUT2D eigenvalue weighted by molar-refractivity contribution is -0.163. The second-order valence-corrected chi connectivity index (χ2v) is 4.53. The maximum atomic E-state index is 12.2. The highest BCUT2D eigenvalue weighted by Crippen LogP contribution is 2.17. The Morgan fingerprint density at radius 1 is 1.42 bits per heavy atom. The van der Waals surface area contributed by atoms with Gasteiger partial charge in [0.1, 0.15) is 13.1 Å². The van der Waals surface area contributed by atoms with Crippen molar-refractivity contribution in [2.24, 2.45) is 0 Å². The molecule has 0 saturated heterocycles. The molecule has 0 bridgehead atoms. The second-order valence-electron chi connectivity index (χ2n) is 3.55. The lowest BCUT2D eigenvalue weighted by Crippen LogP contribution is -2.41. The Hall–Kier alpha value is -1.83. The molecule has 1 heterocycles. The van der Waals surface area contributed by atoms with Gasteiger partial charge in [-0.3, -0.25) is 9.59 Å². The van der Waals surface area contributed by atoms with E-state index in [4.69, 9.17) is 5.11 Å². The van der Waals surface area contributed by atoms with Crippen molar-refractivity contribution in [1.82, 2.24) is 4.90 Å². The van der Waals surface area contributed by atoms with Crippen LogP contribution in [0.15, 0.2) is 23.6 Å². The van der Waals surface area contributed by atoms with Crippen LogP contribution in [0.2, 0.25) is 0 Å². The molecule has 1 aromatic rings. The molecule has 4 nitrogen and oxygen atoms in total. The summed E-state index contributed by atoms with van der Waals surface area (Å²) in [6, 6.07) is 3.40. The van der Waals surface area contributed by atoms with Gasteiger partial charge in [0.05, 0.1) is 0 Å². The molecular formula is C11H10F3NO3S. The number of nitrogens with zero attached hydrogens (tertiary/aromatic N) is 1. The van der Waals surface area contributed by atoms with Gasteiger partial charge in [-0.15, -0.1) is 11.3 Å². The number of carboxylic acid groups (broad SMARTS) is 1. The Balaban J connectivity index is 2.73. The number of carboxylic acids is 1. The van der Waals surface area contributed by atoms with Crippen molar-refractivity contribution in [2.75, 3.05) is 13.1 Å². The van der Waals surface area contributed by atoms with Gasteiger partial charge in [-0.05, 0) is 17.5 Å². The first-order valence-corrected chi connectivity index (χ1v) is 5.95. The van der Waals surface area contributed by atoms with Crippen LogP contribution in [0.5, 0.6) is 0 Å². The van der Waals surface area contributed by atoms with Gasteiger partial charge < -0.3 is 10.0 Å². The third-order valence-electron chi connectivity index (χ3n) is 1.94. The molecule has 0 aromatic carbocycles. The van der Waals surface area contributed by atoms with Gasteiger partial charge in [-0.1, -0.05) is 6.07 Å². The topological polar surface area (TPSA) is 57.6 Å². The summed E-state index contributed by atoms with van der Waals surface area (Å²) in [6.45, 7) is -2.58. The summed E-state index contributed by atoms with van der Waals surface area (Å²) in [6.07, 6.45) is -2.36. The highest BCUT2D eigenvalue weighted by molar-refractivity contribution is 7.10. The summed E-state index contributed by atoms with van der Waals surface area (Å²) in [5, 5.41) is 10.2. The van der Waals surface area contributed by atoms with Crippen LogP contribution >= 0.6 is 11.3 Å². The minimum absolute atomic E-state index is 0.229. The van der Waals surface area contributed by atoms with Crippen LogP contribution in [-0.2, 0) is 9.59 Å². The maximum absolute atomic E-state index is 12.2. The van der Waals surface area contributed by atoms with Crippen molar-refractivity contribution in [1.29, 1.82) is 0 Å². The fourth-order valence-corrected chi connectivity index (χ4v) is 1.85. The lowest BCUT2D eigenvalue weighted by Gasteiger charge is -2.20. The zero-order valence-corrected chi connectivity index (χ0v) is 10.4. The molecule has 8 heteroatoms. The van der Waals surface area contributed by atoms with E-state index in [-0.39, 0.29) is 4.90 Å². The number of amides is 1. The highest BCUT2D eigenvalue weighted by Gasteiger charge is 2.33. The Morgan fingerprint density at radius 2 is 2.11 bits per heavy atom. The molecule has 0 spiro atoms. The van der Waals surface area contributed by atoms with Gasteiger partial charge in [0.2, 0.25) is 5.91 Å². The fraction of sp³-hybridized carbons (Fsp3) is 0.273. The number of carbonyl (C=O) groups is 2. The molecule has 1 aromatic heterocycles. The van der Waals surface area contributed by atoms with E-state index in [1.807, 2.05) is 0 Å². The highest BCUT2D eigenvalue weighted by atomic mass is 32.1. The van der Waals surface area contributed by atoms with Gasteiger partial charge in [0.15, 0.2) is 0 Å². The van der Waals surface area contributed by atoms with Crippen molar-refractivity contribution >= 4 is 29.3 Å². The minimum atomic E-state index is -4.64. The summed E-state index contributed by atoms with van der Waals surface area (Å²) in [5.74, 6) is -2.49. The monoisotopic (exact) mass is 293 g/mol. The Morgan fingerprint density at radius 3 is 2.58 bits per heavy atom. The van der Waals surface area contributed by atoms with Crippen LogP contribution in [0.1, 0.15) is 4.88 Å². The SMILES string of the molecule is O=C(O)CN(CC(F)(F)F)C(=O)C=Cc1cccs1. The number of aliphatic carboxylic acids is 1. The maximum Gasteiger partial charge on any atom is 0.406 e. The summed E-state index contributed by atoms with van der Waals surface area (Å²) in [7, 11) is 0. The number of rotatable bonds is 5. The van der Waals surface area contributed by atoms with Crippen molar-refractivity contribution in [3.05, 3.63) is 28.5 Å². The van der Waals surface area contributed by atoms with Crippen LogP contribution < -0.4 is 0 Å². The average molecular weight is 293 g/mol. The number of carbonyl (C=O) groups excluding carboxylic acids is 1. The van der Waals surface area contributed by atoms with Crippen LogP contribution in [0.4, 0.5) is 13.2 Å². The van der Waals surface area contributed by atoms with Crippen LogP contribution in [0.25, 0.3) is 6.08 Å². The van der Waals surface area contributed by atoms with Gasteiger partial charge in [-0.2, -0.15) is 13.2 Å². The van der Waals surface area contributed by atoms with Crippen molar-refractivity contribution in [2.45, 2.75) is 6.18 Å². The van der Waals surface area contributed by atoms with Crippen LogP contribution in [-0.4, -0.2) is 41.1 Å². The molecule has 0 aliphatic heterocycles. The van der Waals surface area contributed by atoms with Crippen LogP contribution in [0.3, 0.4) is 0 Å². The third-order valence-corrected chi connectivity index (χ3v) is 2.78. The molecule has 0 aliphatic carbocycles. The quantitative estimate of drug-likeness (QED) is 0.847. The Bertz CT molecular complexity index is 468. The van der Waals surface area contributed by atoms with E-state index in [9.17, 15) is 22.8 Å². The number of hydrogen-bond acceptors (Lipinski definition) is 3. The third kappa shape index (κ3) is 6.05. The summed E-state index contributed by atoms with van der Waals surface area (Å²) >= 11 is 1.31. The molecule has 104 valence electrons. The van der Waals surface area contributed by atoms with Crippen molar-refractivity contribution < 1.29 is 27.9 Å². The van der Waals surface area contributed by atoms with E-state index in [1.54, 1.807) is 17.5 Å².